The molecule has 0 fully saturated rings. The number of carbonyl (C=O) groups excluding carboxylic acids is 1. The average molecular weight is 175 g/mol. The molecule has 2 aliphatic rings. The molecular weight excluding hydrogens is 166 g/mol. The lowest BCUT2D eigenvalue weighted by Gasteiger charge is -2.20. The highest BCUT2D eigenvalue weighted by Gasteiger charge is 2.22. The van der Waals surface area contributed by atoms with Crippen LogP contribution in [0.2, 0.25) is 0 Å². The molecule has 0 N–H and O–H groups in total. The molecule has 0 aromatic carbocycles. The zero-order valence-corrected chi connectivity index (χ0v) is 7.23. The number of amides is 1. The number of ether oxygens (including phenoxy) is 1. The first kappa shape index (κ1) is 7.98. The Hall–Kier alpha value is -1.64. The Morgan fingerprint density at radius 3 is 3.08 bits per heavy atom. The minimum Gasteiger partial charge on any atom is -0.500 e. The van der Waals surface area contributed by atoms with Gasteiger partial charge in [-0.3, -0.25) is 4.79 Å². The topological polar surface area (TPSA) is 38.7 Å². The number of allylic oxidation sites excluding steroid dienone is 4. The maximum atomic E-state index is 10.9. The van der Waals surface area contributed by atoms with E-state index >= 15 is 0 Å². The Labute approximate surface area is 76.1 Å². The highest BCUT2D eigenvalue weighted by Crippen LogP contribution is 2.23. The minimum atomic E-state index is -0.201. The minimum absolute atomic E-state index is 0.0210. The van der Waals surface area contributed by atoms with E-state index < -0.39 is 0 Å². The molecule has 0 saturated carbocycles. The third kappa shape index (κ3) is 1.33. The van der Waals surface area contributed by atoms with Gasteiger partial charge in [0.15, 0.2) is 0 Å². The first-order chi connectivity index (χ1) is 6.31. The SMILES string of the molecule is COC1=CC=CC2=NC(=O)C=CC12. The molecule has 0 spiro atoms. The van der Waals surface area contributed by atoms with Crippen molar-refractivity contribution in [1.82, 2.24) is 0 Å². The summed E-state index contributed by atoms with van der Waals surface area (Å²) in [5.41, 5.74) is 0.756. The van der Waals surface area contributed by atoms with Gasteiger partial charge in [0.2, 0.25) is 0 Å². The van der Waals surface area contributed by atoms with E-state index in [1.165, 1.54) is 6.08 Å². The van der Waals surface area contributed by atoms with Crippen LogP contribution in [0, 0.1) is 5.92 Å². The van der Waals surface area contributed by atoms with Crippen LogP contribution in [-0.4, -0.2) is 18.7 Å². The van der Waals surface area contributed by atoms with E-state index in [9.17, 15) is 4.79 Å². The van der Waals surface area contributed by atoms with Gasteiger partial charge >= 0.3 is 0 Å². The molecule has 0 radical (unpaired) electrons. The van der Waals surface area contributed by atoms with E-state index in [-0.39, 0.29) is 11.8 Å². The van der Waals surface area contributed by atoms with Crippen molar-refractivity contribution in [2.75, 3.05) is 7.11 Å². The Balaban J connectivity index is 2.37. The van der Waals surface area contributed by atoms with Gasteiger partial charge < -0.3 is 4.74 Å². The van der Waals surface area contributed by atoms with Crippen molar-refractivity contribution in [3.63, 3.8) is 0 Å². The molecule has 3 heteroatoms. The highest BCUT2D eigenvalue weighted by atomic mass is 16.5. The summed E-state index contributed by atoms with van der Waals surface area (Å²) in [6.45, 7) is 0. The molecule has 1 aliphatic heterocycles. The van der Waals surface area contributed by atoms with Gasteiger partial charge in [-0.2, -0.15) is 0 Å². The summed E-state index contributed by atoms with van der Waals surface area (Å²) in [6.07, 6.45) is 8.82. The van der Waals surface area contributed by atoms with E-state index in [2.05, 4.69) is 4.99 Å². The molecule has 3 nitrogen and oxygen atoms in total. The second kappa shape index (κ2) is 3.01. The fourth-order valence-electron chi connectivity index (χ4n) is 1.43. The van der Waals surface area contributed by atoms with Crippen molar-refractivity contribution in [1.29, 1.82) is 0 Å². The number of nitrogens with zero attached hydrogens (tertiary/aromatic N) is 1. The fourth-order valence-corrected chi connectivity index (χ4v) is 1.43. The fraction of sp³-hybridized carbons (Fsp3) is 0.200. The van der Waals surface area contributed by atoms with Gasteiger partial charge in [-0.15, -0.1) is 0 Å². The second-order valence-corrected chi connectivity index (χ2v) is 2.84. The van der Waals surface area contributed by atoms with Crippen LogP contribution in [0.25, 0.3) is 0 Å². The van der Waals surface area contributed by atoms with Crippen LogP contribution < -0.4 is 0 Å². The van der Waals surface area contributed by atoms with Crippen LogP contribution in [0.15, 0.2) is 41.1 Å². The molecule has 1 heterocycles. The molecule has 0 saturated heterocycles. The van der Waals surface area contributed by atoms with E-state index in [4.69, 9.17) is 4.74 Å². The van der Waals surface area contributed by atoms with Gasteiger partial charge in [-0.05, 0) is 12.2 Å². The van der Waals surface area contributed by atoms with Crippen molar-refractivity contribution in [2.45, 2.75) is 0 Å². The molecule has 1 amide bonds. The monoisotopic (exact) mass is 175 g/mol. The van der Waals surface area contributed by atoms with Gasteiger partial charge in [0, 0.05) is 6.08 Å². The molecule has 0 aromatic heterocycles. The maximum Gasteiger partial charge on any atom is 0.269 e. The number of dihydropyridines is 1. The van der Waals surface area contributed by atoms with Crippen LogP contribution in [0.1, 0.15) is 0 Å². The predicted molar refractivity (Wildman–Crippen MR) is 49.3 cm³/mol. The summed E-state index contributed by atoms with van der Waals surface area (Å²) < 4.78 is 5.16. The molecule has 1 unspecified atom stereocenters. The Kier molecular flexibility index (Phi) is 1.85. The number of hydrogen-bond donors (Lipinski definition) is 0. The number of rotatable bonds is 1. The maximum absolute atomic E-state index is 10.9. The van der Waals surface area contributed by atoms with E-state index in [1.54, 1.807) is 7.11 Å². The van der Waals surface area contributed by atoms with Gasteiger partial charge in [0.25, 0.3) is 5.91 Å². The van der Waals surface area contributed by atoms with Gasteiger partial charge in [-0.25, -0.2) is 4.99 Å². The van der Waals surface area contributed by atoms with Crippen LogP contribution >= 0.6 is 0 Å². The predicted octanol–water partition coefficient (Wildman–Crippen LogP) is 1.24. The number of hydrogen-bond acceptors (Lipinski definition) is 2. The molecule has 66 valence electrons. The van der Waals surface area contributed by atoms with Crippen molar-refractivity contribution >= 4 is 11.6 Å². The summed E-state index contributed by atoms with van der Waals surface area (Å²) in [5, 5.41) is 0. The van der Waals surface area contributed by atoms with Crippen LogP contribution in [0.4, 0.5) is 0 Å². The number of fused-ring (bicyclic) bond motifs is 1. The zero-order chi connectivity index (χ0) is 9.26. The molecule has 1 atom stereocenters. The summed E-state index contributed by atoms with van der Waals surface area (Å²) in [7, 11) is 1.62. The summed E-state index contributed by atoms with van der Waals surface area (Å²) in [5.74, 6) is 0.644. The van der Waals surface area contributed by atoms with Gasteiger partial charge in [0.05, 0.1) is 18.7 Å². The third-order valence-electron chi connectivity index (χ3n) is 2.06. The van der Waals surface area contributed by atoms with E-state index in [1.807, 2.05) is 24.3 Å². The lowest BCUT2D eigenvalue weighted by molar-refractivity contribution is -0.113. The molecule has 13 heavy (non-hydrogen) atoms. The van der Waals surface area contributed by atoms with E-state index in [0.717, 1.165) is 11.5 Å². The molecule has 0 aromatic rings. The van der Waals surface area contributed by atoms with Crippen LogP contribution in [0.5, 0.6) is 0 Å². The van der Waals surface area contributed by atoms with Crippen LogP contribution in [0.3, 0.4) is 0 Å². The lowest BCUT2D eigenvalue weighted by Crippen LogP contribution is -2.20. The van der Waals surface area contributed by atoms with Crippen molar-refractivity contribution in [2.24, 2.45) is 10.9 Å². The summed E-state index contributed by atoms with van der Waals surface area (Å²) in [4.78, 5) is 14.8. The standard InChI is InChI=1S/C10H9NO2/c1-13-9-4-2-3-8-7(9)5-6-10(12)11-8/h2-7H,1H3. The van der Waals surface area contributed by atoms with Crippen molar-refractivity contribution in [3.05, 3.63) is 36.1 Å². The normalized spacial score (nSPS) is 25.0. The highest BCUT2D eigenvalue weighted by molar-refractivity contribution is 6.11. The van der Waals surface area contributed by atoms with Gasteiger partial charge in [-0.1, -0.05) is 12.2 Å². The van der Waals surface area contributed by atoms with E-state index in [0.29, 0.717) is 0 Å². The quantitative estimate of drug-likeness (QED) is 0.601. The molecule has 2 rings (SSSR count). The Morgan fingerprint density at radius 2 is 2.31 bits per heavy atom. The number of carbonyl (C=O) groups is 1. The Morgan fingerprint density at radius 1 is 1.46 bits per heavy atom. The summed E-state index contributed by atoms with van der Waals surface area (Å²) >= 11 is 0. The van der Waals surface area contributed by atoms with Crippen molar-refractivity contribution < 1.29 is 9.53 Å². The lowest BCUT2D eigenvalue weighted by atomic mass is 9.94. The average Bonchev–Trinajstić information content (AvgIpc) is 2.16. The Bertz CT molecular complexity index is 361. The third-order valence-corrected chi connectivity index (χ3v) is 2.06. The molecule has 1 aliphatic carbocycles. The molecular formula is C10H9NO2. The zero-order valence-electron chi connectivity index (χ0n) is 7.23. The smallest absolute Gasteiger partial charge is 0.269 e. The summed E-state index contributed by atoms with van der Waals surface area (Å²) in [6, 6.07) is 0. The second-order valence-electron chi connectivity index (χ2n) is 2.84. The number of methoxy groups -OCH3 is 1. The first-order valence-corrected chi connectivity index (χ1v) is 4.04. The van der Waals surface area contributed by atoms with Crippen molar-refractivity contribution in [3.8, 4) is 0 Å². The number of aliphatic imine (C=N–C) groups is 1. The molecule has 0 bridgehead atoms. The van der Waals surface area contributed by atoms with Gasteiger partial charge in [0.1, 0.15) is 5.76 Å². The largest absolute Gasteiger partial charge is 0.500 e. The first-order valence-electron chi connectivity index (χ1n) is 4.04. The van der Waals surface area contributed by atoms with Crippen LogP contribution in [-0.2, 0) is 9.53 Å².